The highest BCUT2D eigenvalue weighted by Gasteiger charge is 2.33. The molecule has 1 aromatic heterocycles. The first-order valence-corrected chi connectivity index (χ1v) is 11.4. The lowest BCUT2D eigenvalue weighted by Crippen LogP contribution is -2.45. The van der Waals surface area contributed by atoms with Gasteiger partial charge in [-0.1, -0.05) is 18.2 Å². The summed E-state index contributed by atoms with van der Waals surface area (Å²) >= 11 is 1.65. The van der Waals surface area contributed by atoms with E-state index in [1.165, 1.54) is 9.18 Å². The van der Waals surface area contributed by atoms with Crippen LogP contribution in [0.1, 0.15) is 28.4 Å². The zero-order valence-corrected chi connectivity index (χ0v) is 17.3. The summed E-state index contributed by atoms with van der Waals surface area (Å²) in [6.45, 7) is 5.20. The maximum absolute atomic E-state index is 12.8. The Morgan fingerprint density at radius 2 is 2.04 bits per heavy atom. The fraction of sp³-hybridized carbons (Fsp3) is 0.474. The number of carbonyl (C=O) groups excluding carboxylic acids is 1. The Kier molecular flexibility index (Phi) is 6.29. The standard InChI is InChI=1S/C19H25N3O3S2/c1-14-18(26-15(2)21-14)10-11-20-19(23)16-7-6-12-22(13-16)27(24,25)17-8-4-3-5-9-17/h3-5,8-9,16H,6-7,10-13H2,1-2H3,(H,20,23). The maximum Gasteiger partial charge on any atom is 0.243 e. The molecule has 1 saturated heterocycles. The number of aryl methyl sites for hydroxylation is 2. The molecule has 2 aromatic rings. The van der Waals surface area contributed by atoms with Gasteiger partial charge in [0.05, 0.1) is 21.5 Å². The van der Waals surface area contributed by atoms with Gasteiger partial charge < -0.3 is 5.32 Å². The number of nitrogens with one attached hydrogen (secondary N) is 1. The summed E-state index contributed by atoms with van der Waals surface area (Å²) in [5.74, 6) is -0.372. The van der Waals surface area contributed by atoms with Crippen molar-refractivity contribution in [2.75, 3.05) is 19.6 Å². The van der Waals surface area contributed by atoms with E-state index in [1.807, 2.05) is 13.8 Å². The van der Waals surface area contributed by atoms with Crippen LogP contribution in [0.25, 0.3) is 0 Å². The van der Waals surface area contributed by atoms with Crippen LogP contribution in [0.4, 0.5) is 0 Å². The molecule has 146 valence electrons. The van der Waals surface area contributed by atoms with Crippen molar-refractivity contribution in [3.05, 3.63) is 45.9 Å². The Morgan fingerprint density at radius 3 is 2.70 bits per heavy atom. The van der Waals surface area contributed by atoms with Gasteiger partial charge in [-0.2, -0.15) is 4.31 Å². The first-order chi connectivity index (χ1) is 12.9. The fourth-order valence-electron chi connectivity index (χ4n) is 3.37. The summed E-state index contributed by atoms with van der Waals surface area (Å²) < 4.78 is 27.0. The maximum atomic E-state index is 12.8. The number of carbonyl (C=O) groups is 1. The lowest BCUT2D eigenvalue weighted by atomic mass is 9.99. The Balaban J connectivity index is 1.57. The third kappa shape index (κ3) is 4.75. The Bertz CT molecular complexity index is 894. The smallest absolute Gasteiger partial charge is 0.243 e. The lowest BCUT2D eigenvalue weighted by molar-refractivity contribution is -0.126. The number of thiazole rings is 1. The van der Waals surface area contributed by atoms with Crippen molar-refractivity contribution in [3.63, 3.8) is 0 Å². The summed E-state index contributed by atoms with van der Waals surface area (Å²) in [4.78, 5) is 18.4. The molecule has 1 atom stereocenters. The number of hydrogen-bond acceptors (Lipinski definition) is 5. The Morgan fingerprint density at radius 1 is 1.30 bits per heavy atom. The number of piperidine rings is 1. The minimum atomic E-state index is -3.55. The van der Waals surface area contributed by atoms with Gasteiger partial charge in [-0.25, -0.2) is 13.4 Å². The number of sulfonamides is 1. The number of nitrogens with zero attached hydrogens (tertiary/aromatic N) is 2. The molecule has 0 saturated carbocycles. The van der Waals surface area contributed by atoms with Crippen LogP contribution < -0.4 is 5.32 Å². The van der Waals surface area contributed by atoms with Gasteiger partial charge in [0.25, 0.3) is 0 Å². The van der Waals surface area contributed by atoms with Crippen molar-refractivity contribution in [1.82, 2.24) is 14.6 Å². The van der Waals surface area contributed by atoms with Crippen LogP contribution in [0.15, 0.2) is 35.2 Å². The zero-order valence-electron chi connectivity index (χ0n) is 15.6. The summed E-state index contributed by atoms with van der Waals surface area (Å²) in [5.41, 5.74) is 1.02. The second kappa shape index (κ2) is 8.50. The Labute approximate surface area is 164 Å². The van der Waals surface area contributed by atoms with Gasteiger partial charge in [0.15, 0.2) is 0 Å². The molecule has 1 amide bonds. The van der Waals surface area contributed by atoms with Gasteiger partial charge in [-0.3, -0.25) is 4.79 Å². The van der Waals surface area contributed by atoms with E-state index in [-0.39, 0.29) is 23.3 Å². The minimum Gasteiger partial charge on any atom is -0.355 e. The van der Waals surface area contributed by atoms with Crippen LogP contribution in [-0.2, 0) is 21.2 Å². The summed E-state index contributed by atoms with van der Waals surface area (Å²) in [5, 5.41) is 4.00. The van der Waals surface area contributed by atoms with Crippen LogP contribution in [0.5, 0.6) is 0 Å². The van der Waals surface area contributed by atoms with E-state index in [2.05, 4.69) is 10.3 Å². The predicted octanol–water partition coefficient (Wildman–Crippen LogP) is 2.52. The van der Waals surface area contributed by atoms with E-state index >= 15 is 0 Å². The molecule has 8 heteroatoms. The average molecular weight is 408 g/mol. The largest absolute Gasteiger partial charge is 0.355 e. The molecule has 0 aliphatic carbocycles. The molecule has 1 aliphatic heterocycles. The third-order valence-electron chi connectivity index (χ3n) is 4.79. The Hall–Kier alpha value is -1.77. The molecule has 0 bridgehead atoms. The normalized spacial score (nSPS) is 18.4. The van der Waals surface area contributed by atoms with Crippen LogP contribution in [0, 0.1) is 19.8 Å². The fourth-order valence-corrected chi connectivity index (χ4v) is 5.85. The van der Waals surface area contributed by atoms with Crippen LogP contribution >= 0.6 is 11.3 Å². The molecular formula is C19H25N3O3S2. The molecule has 1 unspecified atom stereocenters. The van der Waals surface area contributed by atoms with Gasteiger partial charge in [0.1, 0.15) is 0 Å². The van der Waals surface area contributed by atoms with Crippen molar-refractivity contribution in [2.24, 2.45) is 5.92 Å². The number of hydrogen-bond donors (Lipinski definition) is 1. The summed E-state index contributed by atoms with van der Waals surface area (Å²) in [7, 11) is -3.55. The molecule has 1 N–H and O–H groups in total. The van der Waals surface area contributed by atoms with Crippen molar-refractivity contribution >= 4 is 27.3 Å². The van der Waals surface area contributed by atoms with Crippen LogP contribution in [0.2, 0.25) is 0 Å². The van der Waals surface area contributed by atoms with Crippen molar-refractivity contribution in [2.45, 2.75) is 38.0 Å². The van der Waals surface area contributed by atoms with E-state index < -0.39 is 10.0 Å². The van der Waals surface area contributed by atoms with Gasteiger partial charge in [0.2, 0.25) is 15.9 Å². The average Bonchev–Trinajstić information content (AvgIpc) is 2.99. The quantitative estimate of drug-likeness (QED) is 0.798. The first kappa shape index (κ1) is 20.0. The van der Waals surface area contributed by atoms with Gasteiger partial charge in [-0.05, 0) is 38.8 Å². The van der Waals surface area contributed by atoms with E-state index in [0.717, 1.165) is 17.1 Å². The molecule has 2 heterocycles. The van der Waals surface area contributed by atoms with E-state index in [0.29, 0.717) is 25.9 Å². The number of amides is 1. The molecule has 1 aliphatic rings. The second-order valence-electron chi connectivity index (χ2n) is 6.80. The lowest BCUT2D eigenvalue weighted by Gasteiger charge is -2.31. The van der Waals surface area contributed by atoms with Gasteiger partial charge >= 0.3 is 0 Å². The molecule has 1 fully saturated rings. The number of aromatic nitrogens is 1. The molecule has 1 aromatic carbocycles. The predicted molar refractivity (Wildman–Crippen MR) is 106 cm³/mol. The number of rotatable bonds is 6. The van der Waals surface area contributed by atoms with Gasteiger partial charge in [0, 0.05) is 30.9 Å². The monoisotopic (exact) mass is 407 g/mol. The minimum absolute atomic E-state index is 0.0677. The highest BCUT2D eigenvalue weighted by atomic mass is 32.2. The zero-order chi connectivity index (χ0) is 19.4. The van der Waals surface area contributed by atoms with Crippen LogP contribution in [-0.4, -0.2) is 43.2 Å². The first-order valence-electron chi connectivity index (χ1n) is 9.14. The second-order valence-corrected chi connectivity index (χ2v) is 10.0. The summed E-state index contributed by atoms with van der Waals surface area (Å²) in [6.07, 6.45) is 2.16. The molecule has 6 nitrogen and oxygen atoms in total. The SMILES string of the molecule is Cc1nc(C)c(CCNC(=O)C2CCCN(S(=O)(=O)c3ccccc3)C2)s1. The van der Waals surface area contributed by atoms with Crippen LogP contribution in [0.3, 0.4) is 0 Å². The van der Waals surface area contributed by atoms with Crippen molar-refractivity contribution in [3.8, 4) is 0 Å². The molecular weight excluding hydrogens is 382 g/mol. The molecule has 3 rings (SSSR count). The topological polar surface area (TPSA) is 79.4 Å². The van der Waals surface area contributed by atoms with E-state index in [1.54, 1.807) is 41.7 Å². The van der Waals surface area contributed by atoms with E-state index in [4.69, 9.17) is 0 Å². The van der Waals surface area contributed by atoms with Crippen molar-refractivity contribution < 1.29 is 13.2 Å². The molecule has 0 spiro atoms. The summed E-state index contributed by atoms with van der Waals surface area (Å²) in [6, 6.07) is 8.41. The van der Waals surface area contributed by atoms with Gasteiger partial charge in [-0.15, -0.1) is 11.3 Å². The molecule has 27 heavy (non-hydrogen) atoms. The molecule has 0 radical (unpaired) electrons. The number of benzene rings is 1. The highest BCUT2D eigenvalue weighted by Crippen LogP contribution is 2.24. The highest BCUT2D eigenvalue weighted by molar-refractivity contribution is 7.89. The third-order valence-corrected chi connectivity index (χ3v) is 7.80. The van der Waals surface area contributed by atoms with E-state index in [9.17, 15) is 13.2 Å². The van der Waals surface area contributed by atoms with Crippen molar-refractivity contribution in [1.29, 1.82) is 0 Å².